The van der Waals surface area contributed by atoms with Crippen LogP contribution in [0.25, 0.3) is 16.7 Å². The summed E-state index contributed by atoms with van der Waals surface area (Å²) in [5.41, 5.74) is -3.71. The average molecular weight is 557 g/mol. The van der Waals surface area contributed by atoms with Gasteiger partial charge in [0.25, 0.3) is 12.3 Å². The SMILES string of the molecule is C[C@H]1CN(c2nc3c(cc2F)c(=O)c(C(=O)NC(F)(C(F)F)C2CC2)cn3-c2c(F)cc(F)cc2F)CCN1. The second-order valence-corrected chi connectivity index (χ2v) is 9.72. The Hall–Kier alpha value is -3.68. The van der Waals surface area contributed by atoms with Gasteiger partial charge in [0.15, 0.2) is 28.9 Å². The van der Waals surface area contributed by atoms with Crippen LogP contribution in [-0.4, -0.2) is 53.4 Å². The molecule has 0 bridgehead atoms. The number of anilines is 1. The molecule has 3 heterocycles. The zero-order valence-corrected chi connectivity index (χ0v) is 20.4. The molecule has 2 aliphatic rings. The van der Waals surface area contributed by atoms with Crippen LogP contribution in [0, 0.1) is 29.2 Å². The third-order valence-electron chi connectivity index (χ3n) is 6.84. The molecule has 3 aromatic rings. The first-order valence-electron chi connectivity index (χ1n) is 12.1. The lowest BCUT2D eigenvalue weighted by Crippen LogP contribution is -2.53. The molecular weight excluding hydrogens is 535 g/mol. The van der Waals surface area contributed by atoms with Gasteiger partial charge in [0.2, 0.25) is 11.2 Å². The number of aromatic nitrogens is 2. The van der Waals surface area contributed by atoms with Crippen molar-refractivity contribution in [3.63, 3.8) is 0 Å². The van der Waals surface area contributed by atoms with Crippen molar-refractivity contribution in [2.45, 2.75) is 38.0 Å². The van der Waals surface area contributed by atoms with E-state index >= 15 is 4.39 Å². The van der Waals surface area contributed by atoms with Crippen molar-refractivity contribution in [2.24, 2.45) is 5.92 Å². The number of alkyl halides is 3. The molecule has 1 aromatic carbocycles. The van der Waals surface area contributed by atoms with Crippen molar-refractivity contribution >= 4 is 22.8 Å². The lowest BCUT2D eigenvalue weighted by Gasteiger charge is -2.33. The first kappa shape index (κ1) is 26.9. The maximum absolute atomic E-state index is 15.3. The fourth-order valence-corrected chi connectivity index (χ4v) is 4.74. The lowest BCUT2D eigenvalue weighted by molar-refractivity contribution is -0.0671. The van der Waals surface area contributed by atoms with Gasteiger partial charge in [0.1, 0.15) is 17.1 Å². The molecular formula is C25H22F7N5O2. The van der Waals surface area contributed by atoms with E-state index < -0.39 is 75.0 Å². The Morgan fingerprint density at radius 2 is 1.79 bits per heavy atom. The second kappa shape index (κ2) is 9.81. The molecule has 39 heavy (non-hydrogen) atoms. The molecule has 2 N–H and O–H groups in total. The zero-order valence-electron chi connectivity index (χ0n) is 20.4. The molecule has 14 heteroatoms. The van der Waals surface area contributed by atoms with Gasteiger partial charge in [0, 0.05) is 49.9 Å². The van der Waals surface area contributed by atoms with Crippen molar-refractivity contribution in [2.75, 3.05) is 24.5 Å². The molecule has 1 aliphatic carbocycles. The minimum atomic E-state index is -3.63. The van der Waals surface area contributed by atoms with Crippen LogP contribution in [0.1, 0.15) is 30.1 Å². The number of hydrogen-bond donors (Lipinski definition) is 2. The topological polar surface area (TPSA) is 79.3 Å². The summed E-state index contributed by atoms with van der Waals surface area (Å²) in [5.74, 6) is -11.7. The van der Waals surface area contributed by atoms with Crippen molar-refractivity contribution < 1.29 is 35.5 Å². The average Bonchev–Trinajstić information content (AvgIpc) is 3.70. The second-order valence-electron chi connectivity index (χ2n) is 9.72. The van der Waals surface area contributed by atoms with Gasteiger partial charge in [-0.3, -0.25) is 14.2 Å². The van der Waals surface area contributed by atoms with Gasteiger partial charge in [-0.2, -0.15) is 0 Å². The number of piperazine rings is 1. The van der Waals surface area contributed by atoms with Crippen LogP contribution in [0.3, 0.4) is 0 Å². The summed E-state index contributed by atoms with van der Waals surface area (Å²) in [6.07, 6.45) is -2.91. The summed E-state index contributed by atoms with van der Waals surface area (Å²) in [5, 5.41) is 4.05. The number of nitrogens with one attached hydrogen (secondary N) is 2. The molecule has 208 valence electrons. The maximum atomic E-state index is 15.3. The Morgan fingerprint density at radius 3 is 2.38 bits per heavy atom. The smallest absolute Gasteiger partial charge is 0.290 e. The molecule has 2 aromatic heterocycles. The predicted octanol–water partition coefficient (Wildman–Crippen LogP) is 3.81. The molecule has 1 aliphatic heterocycles. The molecule has 1 saturated heterocycles. The summed E-state index contributed by atoms with van der Waals surface area (Å²) in [6, 6.07) is 1.30. The standard InChI is InChI=1S/C25H22F7N5O2/c1-11-9-36(5-4-33-11)22-18(29)8-14-20(38)15(23(39)35-25(32,24(30)31)12-2-3-12)10-37(21(14)34-22)19-16(27)6-13(26)7-17(19)28/h6-8,10-12,24,33H,2-5,9H2,1H3,(H,35,39)/t11-,25?/m0/s1. The van der Waals surface area contributed by atoms with E-state index in [1.54, 1.807) is 4.90 Å². The van der Waals surface area contributed by atoms with E-state index in [9.17, 15) is 35.9 Å². The molecule has 0 radical (unpaired) electrons. The highest BCUT2D eigenvalue weighted by molar-refractivity contribution is 5.97. The highest BCUT2D eigenvalue weighted by atomic mass is 19.3. The van der Waals surface area contributed by atoms with Gasteiger partial charge in [-0.1, -0.05) is 0 Å². The third kappa shape index (κ3) is 4.81. The summed E-state index contributed by atoms with van der Waals surface area (Å²) >= 11 is 0. The molecule has 7 nitrogen and oxygen atoms in total. The number of hydrogen-bond acceptors (Lipinski definition) is 5. The summed E-state index contributed by atoms with van der Waals surface area (Å²) in [4.78, 5) is 31.9. The summed E-state index contributed by atoms with van der Waals surface area (Å²) in [7, 11) is 0. The number of halogens is 7. The predicted molar refractivity (Wildman–Crippen MR) is 127 cm³/mol. The Morgan fingerprint density at radius 1 is 1.13 bits per heavy atom. The van der Waals surface area contributed by atoms with Gasteiger partial charge in [-0.25, -0.2) is 35.7 Å². The van der Waals surface area contributed by atoms with Crippen LogP contribution in [0.4, 0.5) is 36.6 Å². The van der Waals surface area contributed by atoms with Crippen LogP contribution < -0.4 is 21.0 Å². The third-order valence-corrected chi connectivity index (χ3v) is 6.84. The van der Waals surface area contributed by atoms with E-state index in [-0.39, 0.29) is 24.7 Å². The quantitative estimate of drug-likeness (QED) is 0.356. The van der Waals surface area contributed by atoms with Gasteiger partial charge in [-0.05, 0) is 25.8 Å². The Kier molecular flexibility index (Phi) is 6.77. The summed E-state index contributed by atoms with van der Waals surface area (Å²) < 4.78 is 101. The summed E-state index contributed by atoms with van der Waals surface area (Å²) in [6.45, 7) is 2.90. The number of pyridine rings is 2. The number of carbonyl (C=O) groups excluding carboxylic acids is 1. The van der Waals surface area contributed by atoms with Crippen LogP contribution in [0.2, 0.25) is 0 Å². The number of rotatable bonds is 6. The fourth-order valence-electron chi connectivity index (χ4n) is 4.74. The number of fused-ring (bicyclic) bond motifs is 1. The molecule has 0 spiro atoms. The largest absolute Gasteiger partial charge is 0.351 e. The Balaban J connectivity index is 1.73. The van der Waals surface area contributed by atoms with E-state index in [0.29, 0.717) is 48.6 Å². The molecule has 1 amide bonds. The first-order valence-corrected chi connectivity index (χ1v) is 12.1. The minimum Gasteiger partial charge on any atom is -0.351 e. The van der Waals surface area contributed by atoms with Crippen LogP contribution in [-0.2, 0) is 0 Å². The monoisotopic (exact) mass is 557 g/mol. The van der Waals surface area contributed by atoms with Crippen LogP contribution in [0.5, 0.6) is 0 Å². The van der Waals surface area contributed by atoms with E-state index in [4.69, 9.17) is 0 Å². The van der Waals surface area contributed by atoms with Gasteiger partial charge >= 0.3 is 0 Å². The van der Waals surface area contributed by atoms with Gasteiger partial charge in [-0.15, -0.1) is 0 Å². The van der Waals surface area contributed by atoms with Crippen molar-refractivity contribution in [1.29, 1.82) is 0 Å². The van der Waals surface area contributed by atoms with Crippen LogP contribution in [0.15, 0.2) is 29.2 Å². The zero-order chi connectivity index (χ0) is 28.2. The van der Waals surface area contributed by atoms with Crippen molar-refractivity contribution in [1.82, 2.24) is 20.2 Å². The number of amides is 1. The Labute approximate surface area is 216 Å². The van der Waals surface area contributed by atoms with Crippen LogP contribution >= 0.6 is 0 Å². The molecule has 2 fully saturated rings. The maximum Gasteiger partial charge on any atom is 0.290 e. The van der Waals surface area contributed by atoms with Crippen molar-refractivity contribution in [3.05, 3.63) is 63.5 Å². The first-order chi connectivity index (χ1) is 18.4. The van der Waals surface area contributed by atoms with Gasteiger partial charge in [0.05, 0.1) is 5.39 Å². The van der Waals surface area contributed by atoms with E-state index in [1.807, 2.05) is 6.92 Å². The molecule has 5 rings (SSSR count). The number of benzene rings is 1. The van der Waals surface area contributed by atoms with E-state index in [2.05, 4.69) is 10.3 Å². The van der Waals surface area contributed by atoms with E-state index in [1.165, 1.54) is 5.32 Å². The highest BCUT2D eigenvalue weighted by Gasteiger charge is 2.54. The van der Waals surface area contributed by atoms with E-state index in [0.717, 1.165) is 0 Å². The molecule has 1 unspecified atom stereocenters. The van der Waals surface area contributed by atoms with Gasteiger partial charge < -0.3 is 15.5 Å². The normalized spacial score (nSPS) is 19.4. The Bertz CT molecular complexity index is 1500. The molecule has 1 saturated carbocycles. The lowest BCUT2D eigenvalue weighted by atomic mass is 10.1. The highest BCUT2D eigenvalue weighted by Crippen LogP contribution is 2.44. The fraction of sp³-hybridized carbons (Fsp3) is 0.400. The van der Waals surface area contributed by atoms with Crippen molar-refractivity contribution in [3.8, 4) is 5.69 Å². The minimum absolute atomic E-state index is 0.0671. The number of nitrogens with zero attached hydrogens (tertiary/aromatic N) is 3. The molecule has 2 atom stereocenters. The number of carbonyl (C=O) groups is 1.